The Hall–Kier alpha value is 0.170. The molecule has 0 saturated carbocycles. The fourth-order valence-corrected chi connectivity index (χ4v) is 1.17. The van der Waals surface area contributed by atoms with Gasteiger partial charge in [0.1, 0.15) is 0 Å². The summed E-state index contributed by atoms with van der Waals surface area (Å²) in [5.41, 5.74) is 6.11. The van der Waals surface area contributed by atoms with Crippen molar-refractivity contribution in [3.05, 3.63) is 15.5 Å². The molecule has 0 aliphatic rings. The van der Waals surface area contributed by atoms with Crippen LogP contribution in [-0.4, -0.2) is 4.98 Å². The lowest BCUT2D eigenvalue weighted by molar-refractivity contribution is 1.01. The van der Waals surface area contributed by atoms with Gasteiger partial charge in [-0.05, 0) is 0 Å². The second kappa shape index (κ2) is 4.06. The molecule has 9 heavy (non-hydrogen) atoms. The van der Waals surface area contributed by atoms with Crippen LogP contribution in [0.15, 0.2) is 5.38 Å². The summed E-state index contributed by atoms with van der Waals surface area (Å²) in [5.74, 6) is 0. The summed E-state index contributed by atoms with van der Waals surface area (Å²) in [6, 6.07) is 0. The Kier molecular flexibility index (Phi) is 4.14. The minimum Gasteiger partial charge on any atom is -0.325 e. The lowest BCUT2D eigenvalue weighted by Gasteiger charge is -1.79. The van der Waals surface area contributed by atoms with Crippen LogP contribution in [0.5, 0.6) is 0 Å². The molecule has 1 aromatic heterocycles. The molecule has 0 aromatic carbocycles. The molecule has 0 atom stereocenters. The molecule has 0 aliphatic heterocycles. The van der Waals surface area contributed by atoms with Crippen molar-refractivity contribution in [2.75, 3.05) is 0 Å². The van der Waals surface area contributed by atoms with Crippen molar-refractivity contribution in [3.8, 4) is 0 Å². The molecule has 0 radical (unpaired) electrons. The van der Waals surface area contributed by atoms with Gasteiger partial charge < -0.3 is 5.73 Å². The predicted octanol–water partition coefficient (Wildman–Crippen LogP) is 1.68. The molecule has 0 bridgehead atoms. The van der Waals surface area contributed by atoms with Crippen LogP contribution in [0.2, 0.25) is 4.47 Å². The van der Waals surface area contributed by atoms with Crippen molar-refractivity contribution in [2.45, 2.75) is 6.54 Å². The van der Waals surface area contributed by atoms with Crippen molar-refractivity contribution in [1.29, 1.82) is 0 Å². The fourth-order valence-electron chi connectivity index (χ4n) is 0.376. The molecule has 2 N–H and O–H groups in total. The third kappa shape index (κ3) is 2.49. The SMILES string of the molecule is Cl.NCc1csc(Cl)n1. The molecule has 0 amide bonds. The predicted molar refractivity (Wildman–Crippen MR) is 42.3 cm³/mol. The van der Waals surface area contributed by atoms with Crippen molar-refractivity contribution >= 4 is 35.3 Å². The molecular weight excluding hydrogens is 179 g/mol. The molecule has 1 aromatic rings. The van der Waals surface area contributed by atoms with Crippen LogP contribution < -0.4 is 5.73 Å². The maximum Gasteiger partial charge on any atom is 0.183 e. The van der Waals surface area contributed by atoms with E-state index in [0.29, 0.717) is 11.0 Å². The second-order valence-corrected chi connectivity index (χ2v) is 2.74. The summed E-state index contributed by atoms with van der Waals surface area (Å²) in [6.45, 7) is 0.475. The summed E-state index contributed by atoms with van der Waals surface area (Å²) in [7, 11) is 0. The summed E-state index contributed by atoms with van der Waals surface area (Å²) < 4.78 is 0.561. The van der Waals surface area contributed by atoms with Crippen molar-refractivity contribution in [1.82, 2.24) is 4.98 Å². The number of aromatic nitrogens is 1. The molecule has 52 valence electrons. The largest absolute Gasteiger partial charge is 0.325 e. The Morgan fingerprint density at radius 3 is 2.67 bits per heavy atom. The van der Waals surface area contributed by atoms with Crippen LogP contribution >= 0.6 is 35.3 Å². The van der Waals surface area contributed by atoms with Crippen LogP contribution in [0, 0.1) is 0 Å². The highest BCUT2D eigenvalue weighted by Crippen LogP contribution is 2.13. The quantitative estimate of drug-likeness (QED) is 0.722. The van der Waals surface area contributed by atoms with Gasteiger partial charge in [-0.1, -0.05) is 11.6 Å². The van der Waals surface area contributed by atoms with Crippen molar-refractivity contribution < 1.29 is 0 Å². The highest BCUT2D eigenvalue weighted by atomic mass is 35.5. The van der Waals surface area contributed by atoms with E-state index in [-0.39, 0.29) is 12.4 Å². The van der Waals surface area contributed by atoms with Gasteiger partial charge in [-0.25, -0.2) is 4.98 Å². The molecule has 2 nitrogen and oxygen atoms in total. The van der Waals surface area contributed by atoms with Gasteiger partial charge in [-0.15, -0.1) is 23.7 Å². The average molecular weight is 185 g/mol. The number of hydrogen-bond acceptors (Lipinski definition) is 3. The normalized spacial score (nSPS) is 8.67. The van der Waals surface area contributed by atoms with Gasteiger partial charge in [0.25, 0.3) is 0 Å². The monoisotopic (exact) mass is 184 g/mol. The lowest BCUT2D eigenvalue weighted by Crippen LogP contribution is -1.94. The Morgan fingerprint density at radius 1 is 1.78 bits per heavy atom. The van der Waals surface area contributed by atoms with E-state index in [9.17, 15) is 0 Å². The average Bonchev–Trinajstić information content (AvgIpc) is 2.14. The van der Waals surface area contributed by atoms with Crippen LogP contribution in [0.4, 0.5) is 0 Å². The number of nitrogens with zero attached hydrogens (tertiary/aromatic N) is 1. The maximum atomic E-state index is 5.49. The Balaban J connectivity index is 0.000000640. The van der Waals surface area contributed by atoms with Gasteiger partial charge in [0.15, 0.2) is 4.47 Å². The minimum absolute atomic E-state index is 0. The van der Waals surface area contributed by atoms with E-state index >= 15 is 0 Å². The Morgan fingerprint density at radius 2 is 2.44 bits per heavy atom. The first-order chi connectivity index (χ1) is 3.83. The minimum atomic E-state index is 0. The third-order valence-electron chi connectivity index (χ3n) is 0.733. The molecule has 0 aliphatic carbocycles. The highest BCUT2D eigenvalue weighted by Gasteiger charge is 1.93. The van der Waals surface area contributed by atoms with Crippen LogP contribution in [-0.2, 0) is 6.54 Å². The topological polar surface area (TPSA) is 38.9 Å². The second-order valence-electron chi connectivity index (χ2n) is 1.30. The smallest absolute Gasteiger partial charge is 0.183 e. The Labute approximate surface area is 68.5 Å². The summed E-state index contributed by atoms with van der Waals surface area (Å²) in [5, 5.41) is 1.85. The van der Waals surface area contributed by atoms with E-state index in [2.05, 4.69) is 4.98 Å². The van der Waals surface area contributed by atoms with Crippen LogP contribution in [0.3, 0.4) is 0 Å². The molecule has 0 unspecified atom stereocenters. The first-order valence-corrected chi connectivity index (χ1v) is 3.38. The maximum absolute atomic E-state index is 5.49. The number of nitrogens with two attached hydrogens (primary N) is 1. The highest BCUT2D eigenvalue weighted by molar-refractivity contribution is 7.13. The van der Waals surface area contributed by atoms with E-state index in [1.165, 1.54) is 11.3 Å². The Bertz CT molecular complexity index is 177. The van der Waals surface area contributed by atoms with Gasteiger partial charge in [0.05, 0.1) is 5.69 Å². The summed E-state index contributed by atoms with van der Waals surface area (Å²) >= 11 is 6.89. The van der Waals surface area contributed by atoms with Gasteiger partial charge in [-0.3, -0.25) is 0 Å². The molecule has 0 fully saturated rings. The zero-order chi connectivity index (χ0) is 5.98. The van der Waals surface area contributed by atoms with E-state index in [4.69, 9.17) is 17.3 Å². The number of rotatable bonds is 1. The van der Waals surface area contributed by atoms with E-state index in [0.717, 1.165) is 5.69 Å². The first kappa shape index (κ1) is 9.17. The molecule has 0 spiro atoms. The lowest BCUT2D eigenvalue weighted by atomic mass is 10.5. The van der Waals surface area contributed by atoms with E-state index in [1.54, 1.807) is 0 Å². The summed E-state index contributed by atoms with van der Waals surface area (Å²) in [6.07, 6.45) is 0. The molecule has 1 heterocycles. The molecule has 0 saturated heterocycles. The number of thiazole rings is 1. The van der Waals surface area contributed by atoms with Crippen molar-refractivity contribution in [2.24, 2.45) is 5.73 Å². The van der Waals surface area contributed by atoms with E-state index in [1.807, 2.05) is 5.38 Å². The van der Waals surface area contributed by atoms with Gasteiger partial charge >= 0.3 is 0 Å². The standard InChI is InChI=1S/C4H5ClN2S.ClH/c5-4-7-3(1-6)2-8-4;/h2H,1,6H2;1H. The van der Waals surface area contributed by atoms with Gasteiger partial charge in [0, 0.05) is 11.9 Å². The molecule has 1 rings (SSSR count). The molecule has 5 heteroatoms. The summed E-state index contributed by atoms with van der Waals surface area (Å²) in [4.78, 5) is 3.89. The zero-order valence-corrected chi connectivity index (χ0v) is 6.89. The zero-order valence-electron chi connectivity index (χ0n) is 4.50. The number of halogens is 2. The van der Waals surface area contributed by atoms with Gasteiger partial charge in [-0.2, -0.15) is 0 Å². The van der Waals surface area contributed by atoms with Crippen LogP contribution in [0.25, 0.3) is 0 Å². The van der Waals surface area contributed by atoms with E-state index < -0.39 is 0 Å². The van der Waals surface area contributed by atoms with Crippen LogP contribution in [0.1, 0.15) is 5.69 Å². The first-order valence-electron chi connectivity index (χ1n) is 2.13. The number of hydrogen-bond donors (Lipinski definition) is 1. The fraction of sp³-hybridized carbons (Fsp3) is 0.250. The molecular formula is C4H6Cl2N2S. The van der Waals surface area contributed by atoms with Crippen molar-refractivity contribution in [3.63, 3.8) is 0 Å². The van der Waals surface area contributed by atoms with Gasteiger partial charge in [0.2, 0.25) is 0 Å². The third-order valence-corrected chi connectivity index (χ3v) is 1.76.